The van der Waals surface area contributed by atoms with Gasteiger partial charge in [-0.1, -0.05) is 0 Å². The van der Waals surface area contributed by atoms with E-state index < -0.39 is 34.4 Å². The monoisotopic (exact) mass is 454 g/mol. The van der Waals surface area contributed by atoms with E-state index in [0.717, 1.165) is 12.1 Å². The number of esters is 1. The van der Waals surface area contributed by atoms with Gasteiger partial charge in [-0.05, 0) is 50.2 Å². The minimum Gasteiger partial charge on any atom is -0.497 e. The number of ether oxygens (including phenoxy) is 3. The number of benzene rings is 2. The third-order valence-corrected chi connectivity index (χ3v) is 4.15. The molecular formula is C21H21F3N2O6. The van der Waals surface area contributed by atoms with Crippen LogP contribution < -0.4 is 10.1 Å². The SMILES string of the molecule is CCOC(=O)/C=C(\OC)C(C)Oc1ccc(Nc2ccc(C(F)(F)F)cc2[N+](=O)[O-])cc1. The van der Waals surface area contributed by atoms with Crippen molar-refractivity contribution in [2.75, 3.05) is 19.0 Å². The Balaban J connectivity index is 2.15. The van der Waals surface area contributed by atoms with Gasteiger partial charge in [0.1, 0.15) is 17.2 Å². The van der Waals surface area contributed by atoms with Crippen molar-refractivity contribution in [3.8, 4) is 5.75 Å². The summed E-state index contributed by atoms with van der Waals surface area (Å²) in [5, 5.41) is 13.9. The van der Waals surface area contributed by atoms with Gasteiger partial charge in [0.15, 0.2) is 6.10 Å². The number of hydrogen-bond donors (Lipinski definition) is 1. The number of halogens is 3. The molecule has 1 atom stereocenters. The van der Waals surface area contributed by atoms with E-state index in [4.69, 9.17) is 14.2 Å². The fraction of sp³-hybridized carbons (Fsp3) is 0.286. The zero-order chi connectivity index (χ0) is 23.9. The second-order valence-electron chi connectivity index (χ2n) is 6.40. The maximum atomic E-state index is 12.8. The lowest BCUT2D eigenvalue weighted by Gasteiger charge is -2.17. The molecule has 2 aromatic carbocycles. The number of methoxy groups -OCH3 is 1. The Bertz CT molecular complexity index is 990. The summed E-state index contributed by atoms with van der Waals surface area (Å²) in [6.45, 7) is 3.55. The molecule has 0 spiro atoms. The van der Waals surface area contributed by atoms with Crippen LogP contribution in [0.25, 0.3) is 0 Å². The maximum Gasteiger partial charge on any atom is 0.416 e. The smallest absolute Gasteiger partial charge is 0.416 e. The number of nitro benzene ring substituents is 1. The van der Waals surface area contributed by atoms with E-state index in [2.05, 4.69) is 5.32 Å². The second kappa shape index (κ2) is 10.5. The average molecular weight is 454 g/mol. The first-order valence-electron chi connectivity index (χ1n) is 9.36. The summed E-state index contributed by atoms with van der Waals surface area (Å²) in [5.74, 6) is 0.0697. The number of anilines is 2. The molecule has 0 fully saturated rings. The van der Waals surface area contributed by atoms with Crippen molar-refractivity contribution in [2.45, 2.75) is 26.1 Å². The van der Waals surface area contributed by atoms with E-state index in [-0.39, 0.29) is 18.1 Å². The molecule has 8 nitrogen and oxygen atoms in total. The standard InChI is InChI=1S/C21H21F3N2O6/c1-4-31-20(27)12-19(30-3)13(2)32-16-8-6-15(7-9-16)25-17-10-5-14(21(22,23)24)11-18(17)26(28)29/h5-13,25H,4H2,1-3H3/b19-12-. The van der Waals surface area contributed by atoms with Gasteiger partial charge in [-0.2, -0.15) is 13.2 Å². The predicted molar refractivity (Wildman–Crippen MR) is 110 cm³/mol. The fourth-order valence-corrected chi connectivity index (χ4v) is 2.64. The molecule has 0 saturated heterocycles. The Labute approximate surface area is 181 Å². The van der Waals surface area contributed by atoms with E-state index in [1.165, 1.54) is 25.3 Å². The zero-order valence-corrected chi connectivity index (χ0v) is 17.4. The molecule has 0 aliphatic rings. The summed E-state index contributed by atoms with van der Waals surface area (Å²) in [6.07, 6.45) is -4.14. The predicted octanol–water partition coefficient (Wildman–Crippen LogP) is 5.22. The molecule has 0 aromatic heterocycles. The lowest BCUT2D eigenvalue weighted by atomic mass is 10.1. The van der Waals surface area contributed by atoms with Gasteiger partial charge in [-0.15, -0.1) is 0 Å². The van der Waals surface area contributed by atoms with Crippen LogP contribution in [0.2, 0.25) is 0 Å². The number of alkyl halides is 3. The third-order valence-electron chi connectivity index (χ3n) is 4.15. The van der Waals surface area contributed by atoms with E-state index in [0.29, 0.717) is 17.5 Å². The molecule has 2 aromatic rings. The Hall–Kier alpha value is -3.76. The molecule has 2 rings (SSSR count). The first-order chi connectivity index (χ1) is 15.0. The van der Waals surface area contributed by atoms with Crippen LogP contribution in [0.1, 0.15) is 19.4 Å². The van der Waals surface area contributed by atoms with Crippen molar-refractivity contribution in [1.29, 1.82) is 0 Å². The number of nitro groups is 1. The lowest BCUT2D eigenvalue weighted by Crippen LogP contribution is -2.18. The molecular weight excluding hydrogens is 433 g/mol. The highest BCUT2D eigenvalue weighted by atomic mass is 19.4. The molecule has 0 aliphatic carbocycles. The summed E-state index contributed by atoms with van der Waals surface area (Å²) in [5.41, 5.74) is -1.52. The minimum atomic E-state index is -4.69. The number of hydrogen-bond acceptors (Lipinski definition) is 7. The van der Waals surface area contributed by atoms with Gasteiger partial charge in [-0.3, -0.25) is 10.1 Å². The molecule has 0 radical (unpaired) electrons. The van der Waals surface area contributed by atoms with Crippen LogP contribution in [-0.4, -0.2) is 30.7 Å². The molecule has 1 unspecified atom stereocenters. The third kappa shape index (κ3) is 6.62. The number of carbonyl (C=O) groups is 1. The first kappa shape index (κ1) is 24.5. The highest BCUT2D eigenvalue weighted by Gasteiger charge is 2.33. The Morgan fingerprint density at radius 3 is 2.41 bits per heavy atom. The van der Waals surface area contributed by atoms with Crippen LogP contribution in [0.3, 0.4) is 0 Å². The van der Waals surface area contributed by atoms with Crippen LogP contribution >= 0.6 is 0 Å². The van der Waals surface area contributed by atoms with Gasteiger partial charge in [0.2, 0.25) is 0 Å². The van der Waals surface area contributed by atoms with Crippen molar-refractivity contribution in [3.63, 3.8) is 0 Å². The summed E-state index contributed by atoms with van der Waals surface area (Å²) in [4.78, 5) is 21.9. The van der Waals surface area contributed by atoms with Gasteiger partial charge in [0.05, 0.1) is 30.3 Å². The average Bonchev–Trinajstić information content (AvgIpc) is 2.72. The van der Waals surface area contributed by atoms with Crippen molar-refractivity contribution in [1.82, 2.24) is 0 Å². The summed E-state index contributed by atoms with van der Waals surface area (Å²) >= 11 is 0. The summed E-state index contributed by atoms with van der Waals surface area (Å²) < 4.78 is 54.2. The number of rotatable bonds is 9. The zero-order valence-electron chi connectivity index (χ0n) is 17.4. The molecule has 0 bridgehead atoms. The van der Waals surface area contributed by atoms with Crippen molar-refractivity contribution in [2.24, 2.45) is 0 Å². The van der Waals surface area contributed by atoms with Crippen LogP contribution in [-0.2, 0) is 20.4 Å². The summed E-state index contributed by atoms with van der Waals surface area (Å²) in [6, 6.07) is 8.40. The van der Waals surface area contributed by atoms with Gasteiger partial charge in [0, 0.05) is 11.8 Å². The van der Waals surface area contributed by atoms with Gasteiger partial charge in [-0.25, -0.2) is 4.79 Å². The van der Waals surface area contributed by atoms with Gasteiger partial charge >= 0.3 is 12.1 Å². The Morgan fingerprint density at radius 2 is 1.88 bits per heavy atom. The molecule has 0 aliphatic heterocycles. The van der Waals surface area contributed by atoms with Crippen molar-refractivity contribution >= 4 is 23.0 Å². The molecule has 0 saturated carbocycles. The fourth-order valence-electron chi connectivity index (χ4n) is 2.64. The summed E-state index contributed by atoms with van der Waals surface area (Å²) in [7, 11) is 1.38. The molecule has 11 heteroatoms. The molecule has 32 heavy (non-hydrogen) atoms. The highest BCUT2D eigenvalue weighted by Crippen LogP contribution is 2.36. The van der Waals surface area contributed by atoms with Crippen molar-refractivity contribution < 1.29 is 37.1 Å². The van der Waals surface area contributed by atoms with E-state index in [9.17, 15) is 28.1 Å². The topological polar surface area (TPSA) is 99.9 Å². The van der Waals surface area contributed by atoms with E-state index in [1.807, 2.05) is 0 Å². The molecule has 0 amide bonds. The molecule has 172 valence electrons. The number of nitrogens with zero attached hydrogens (tertiary/aromatic N) is 1. The van der Waals surface area contributed by atoms with Gasteiger partial charge < -0.3 is 19.5 Å². The normalized spacial score (nSPS) is 12.6. The number of nitrogens with one attached hydrogen (secondary N) is 1. The maximum absolute atomic E-state index is 12.8. The lowest BCUT2D eigenvalue weighted by molar-refractivity contribution is -0.384. The van der Waals surface area contributed by atoms with Crippen LogP contribution in [0.15, 0.2) is 54.3 Å². The Morgan fingerprint density at radius 1 is 1.22 bits per heavy atom. The number of carbonyl (C=O) groups excluding carboxylic acids is 1. The second-order valence-corrected chi connectivity index (χ2v) is 6.40. The Kier molecular flexibility index (Phi) is 8.05. The van der Waals surface area contributed by atoms with Crippen molar-refractivity contribution in [3.05, 3.63) is 70.0 Å². The molecule has 1 N–H and O–H groups in total. The molecule has 0 heterocycles. The van der Waals surface area contributed by atoms with Crippen LogP contribution in [0, 0.1) is 10.1 Å². The van der Waals surface area contributed by atoms with Gasteiger partial charge in [0.25, 0.3) is 5.69 Å². The van der Waals surface area contributed by atoms with E-state index >= 15 is 0 Å². The minimum absolute atomic E-state index is 0.0934. The highest BCUT2D eigenvalue weighted by molar-refractivity contribution is 5.82. The largest absolute Gasteiger partial charge is 0.497 e. The van der Waals surface area contributed by atoms with E-state index in [1.54, 1.807) is 26.0 Å². The van der Waals surface area contributed by atoms with Crippen LogP contribution in [0.4, 0.5) is 30.2 Å². The quantitative estimate of drug-likeness (QED) is 0.182. The first-order valence-corrected chi connectivity index (χ1v) is 9.36. The van der Waals surface area contributed by atoms with Crippen LogP contribution in [0.5, 0.6) is 5.75 Å².